The summed E-state index contributed by atoms with van der Waals surface area (Å²) in [5.74, 6) is 1.26. The topological polar surface area (TPSA) is 48.7 Å². The van der Waals surface area contributed by atoms with Gasteiger partial charge >= 0.3 is 5.63 Å². The Morgan fingerprint density at radius 3 is 2.25 bits per heavy atom. The van der Waals surface area contributed by atoms with E-state index in [9.17, 15) is 4.79 Å². The first-order valence-corrected chi connectivity index (χ1v) is 7.97. The van der Waals surface area contributed by atoms with Gasteiger partial charge in [-0.05, 0) is 52.3 Å². The molecule has 128 valence electrons. The second-order valence-corrected chi connectivity index (χ2v) is 6.23. The molecule has 0 N–H and O–H groups in total. The minimum Gasteiger partial charge on any atom is -0.489 e. The molecular weight excluding hydrogens is 304 g/mol. The van der Waals surface area contributed by atoms with Crippen molar-refractivity contribution in [2.75, 3.05) is 13.2 Å². The van der Waals surface area contributed by atoms with E-state index in [1.165, 1.54) is 17.2 Å². The number of ether oxygens (including phenoxy) is 2. The number of aryl methyl sites for hydroxylation is 1. The quantitative estimate of drug-likeness (QED) is 0.565. The first-order valence-electron chi connectivity index (χ1n) is 7.97. The number of benzene rings is 1. The third-order valence-corrected chi connectivity index (χ3v) is 3.45. The molecule has 0 aliphatic heterocycles. The van der Waals surface area contributed by atoms with E-state index in [1.54, 1.807) is 6.07 Å². The van der Waals surface area contributed by atoms with Crippen molar-refractivity contribution < 1.29 is 13.9 Å². The molecule has 2 rings (SSSR count). The molecule has 0 saturated heterocycles. The van der Waals surface area contributed by atoms with Crippen LogP contribution >= 0.6 is 0 Å². The van der Waals surface area contributed by atoms with Crippen LogP contribution in [0.15, 0.2) is 50.7 Å². The average Bonchev–Trinajstić information content (AvgIpc) is 2.45. The molecule has 0 aliphatic rings. The molecule has 0 saturated carbocycles. The summed E-state index contributed by atoms with van der Waals surface area (Å²) in [5.41, 5.74) is 3.28. The Labute approximate surface area is 142 Å². The Morgan fingerprint density at radius 1 is 1.00 bits per heavy atom. The van der Waals surface area contributed by atoms with Crippen molar-refractivity contribution in [1.29, 1.82) is 0 Å². The van der Waals surface area contributed by atoms with Gasteiger partial charge in [0.05, 0.1) is 5.39 Å². The molecule has 0 aliphatic carbocycles. The van der Waals surface area contributed by atoms with Crippen molar-refractivity contribution in [3.05, 3.63) is 57.5 Å². The van der Waals surface area contributed by atoms with Gasteiger partial charge in [0.15, 0.2) is 0 Å². The fourth-order valence-corrected chi connectivity index (χ4v) is 2.22. The Morgan fingerprint density at radius 2 is 1.62 bits per heavy atom. The van der Waals surface area contributed by atoms with Crippen LogP contribution in [-0.2, 0) is 0 Å². The first kappa shape index (κ1) is 17.9. The number of hydrogen-bond donors (Lipinski definition) is 0. The summed E-state index contributed by atoms with van der Waals surface area (Å²) >= 11 is 0. The van der Waals surface area contributed by atoms with Crippen LogP contribution < -0.4 is 15.1 Å². The highest BCUT2D eigenvalue weighted by molar-refractivity contribution is 5.88. The number of fused-ring (bicyclic) bond motifs is 1. The van der Waals surface area contributed by atoms with E-state index in [1.807, 2.05) is 52.8 Å². The summed E-state index contributed by atoms with van der Waals surface area (Å²) in [6.45, 7) is 10.8. The Balaban J connectivity index is 2.44. The van der Waals surface area contributed by atoms with Gasteiger partial charge in [-0.1, -0.05) is 11.1 Å². The highest BCUT2D eigenvalue weighted by Gasteiger charge is 2.12. The number of rotatable bonds is 6. The zero-order valence-corrected chi connectivity index (χ0v) is 14.9. The minimum absolute atomic E-state index is 0.378. The monoisotopic (exact) mass is 328 g/mol. The summed E-state index contributed by atoms with van der Waals surface area (Å²) in [6, 6.07) is 5.04. The predicted molar refractivity (Wildman–Crippen MR) is 97.1 cm³/mol. The molecule has 0 unspecified atom stereocenters. The van der Waals surface area contributed by atoms with Gasteiger partial charge in [-0.3, -0.25) is 0 Å². The lowest BCUT2D eigenvalue weighted by Crippen LogP contribution is -2.02. The van der Waals surface area contributed by atoms with Gasteiger partial charge in [0.2, 0.25) is 0 Å². The summed E-state index contributed by atoms with van der Waals surface area (Å²) in [6.07, 6.45) is 3.98. The Bertz CT molecular complexity index is 833. The van der Waals surface area contributed by atoms with Gasteiger partial charge in [-0.2, -0.15) is 0 Å². The molecule has 1 heterocycles. The molecule has 0 atom stereocenters. The van der Waals surface area contributed by atoms with Gasteiger partial charge in [-0.15, -0.1) is 0 Å². The highest BCUT2D eigenvalue weighted by atomic mass is 16.5. The third kappa shape index (κ3) is 4.75. The van der Waals surface area contributed by atoms with Crippen LogP contribution in [-0.4, -0.2) is 13.2 Å². The lowest BCUT2D eigenvalue weighted by molar-refractivity contribution is 0.345. The van der Waals surface area contributed by atoms with Crippen molar-refractivity contribution in [2.24, 2.45) is 0 Å². The molecule has 0 bridgehead atoms. The maximum absolute atomic E-state index is 11.7. The smallest absolute Gasteiger partial charge is 0.336 e. The minimum atomic E-state index is -0.378. The molecule has 2 aromatic rings. The van der Waals surface area contributed by atoms with E-state index in [0.29, 0.717) is 30.3 Å². The molecular formula is C20H24O4. The van der Waals surface area contributed by atoms with Gasteiger partial charge in [0, 0.05) is 18.2 Å². The molecule has 0 fully saturated rings. The zero-order chi connectivity index (χ0) is 17.7. The largest absolute Gasteiger partial charge is 0.489 e. The highest BCUT2D eigenvalue weighted by Crippen LogP contribution is 2.33. The molecule has 4 heteroatoms. The second kappa shape index (κ2) is 7.86. The van der Waals surface area contributed by atoms with E-state index in [0.717, 1.165) is 10.9 Å². The zero-order valence-electron chi connectivity index (χ0n) is 14.9. The van der Waals surface area contributed by atoms with Crippen molar-refractivity contribution in [3.8, 4) is 11.5 Å². The Kier molecular flexibility index (Phi) is 5.85. The summed E-state index contributed by atoms with van der Waals surface area (Å²) < 4.78 is 17.0. The molecule has 0 radical (unpaired) electrons. The van der Waals surface area contributed by atoms with E-state index in [4.69, 9.17) is 13.9 Å². The number of hydrogen-bond acceptors (Lipinski definition) is 4. The fraction of sp³-hybridized carbons (Fsp3) is 0.350. The summed E-state index contributed by atoms with van der Waals surface area (Å²) in [4.78, 5) is 11.7. The normalized spacial score (nSPS) is 10.4. The van der Waals surface area contributed by atoms with Gasteiger partial charge in [-0.25, -0.2) is 4.79 Å². The average molecular weight is 328 g/mol. The van der Waals surface area contributed by atoms with Crippen LogP contribution in [0, 0.1) is 6.92 Å². The lowest BCUT2D eigenvalue weighted by atomic mass is 10.1. The van der Waals surface area contributed by atoms with Crippen LogP contribution in [0.2, 0.25) is 0 Å². The molecule has 24 heavy (non-hydrogen) atoms. The van der Waals surface area contributed by atoms with Crippen molar-refractivity contribution >= 4 is 11.0 Å². The van der Waals surface area contributed by atoms with Gasteiger partial charge < -0.3 is 13.9 Å². The summed E-state index contributed by atoms with van der Waals surface area (Å²) in [7, 11) is 0. The molecule has 1 aromatic carbocycles. The summed E-state index contributed by atoms with van der Waals surface area (Å²) in [5, 5.41) is 0.798. The third-order valence-electron chi connectivity index (χ3n) is 3.45. The van der Waals surface area contributed by atoms with Crippen LogP contribution in [0.4, 0.5) is 0 Å². The van der Waals surface area contributed by atoms with Crippen molar-refractivity contribution in [3.63, 3.8) is 0 Å². The van der Waals surface area contributed by atoms with Crippen LogP contribution in [0.25, 0.3) is 11.0 Å². The maximum Gasteiger partial charge on any atom is 0.336 e. The SMILES string of the molecule is CC(C)=CCOc1cc(OCC=C(C)C)c2c(C)cc(=O)oc2c1. The maximum atomic E-state index is 11.7. The van der Waals surface area contributed by atoms with Gasteiger partial charge in [0.25, 0.3) is 0 Å². The standard InChI is InChI=1S/C20H24O4/c1-13(2)6-8-22-16-11-17(23-9-7-14(3)4)20-15(5)10-19(21)24-18(20)12-16/h6-7,10-12H,8-9H2,1-5H3. The van der Waals surface area contributed by atoms with Crippen LogP contribution in [0.5, 0.6) is 11.5 Å². The Hall–Kier alpha value is -2.49. The number of allylic oxidation sites excluding steroid dienone is 2. The van der Waals surface area contributed by atoms with Crippen molar-refractivity contribution in [1.82, 2.24) is 0 Å². The predicted octanol–water partition coefficient (Wildman–Crippen LogP) is 4.79. The van der Waals surface area contributed by atoms with E-state index in [2.05, 4.69) is 0 Å². The molecule has 1 aromatic heterocycles. The van der Waals surface area contributed by atoms with E-state index >= 15 is 0 Å². The van der Waals surface area contributed by atoms with Gasteiger partial charge in [0.1, 0.15) is 30.3 Å². The van der Waals surface area contributed by atoms with Crippen molar-refractivity contribution in [2.45, 2.75) is 34.6 Å². The van der Waals surface area contributed by atoms with E-state index < -0.39 is 0 Å². The fourth-order valence-electron chi connectivity index (χ4n) is 2.22. The molecule has 0 spiro atoms. The van der Waals surface area contributed by atoms with Crippen LogP contribution in [0.3, 0.4) is 0 Å². The second-order valence-electron chi connectivity index (χ2n) is 6.23. The lowest BCUT2D eigenvalue weighted by Gasteiger charge is -2.12. The molecule has 4 nitrogen and oxygen atoms in total. The van der Waals surface area contributed by atoms with Crippen LogP contribution in [0.1, 0.15) is 33.3 Å². The van der Waals surface area contributed by atoms with E-state index in [-0.39, 0.29) is 5.63 Å². The molecule has 0 amide bonds. The first-order chi connectivity index (χ1) is 11.4.